The van der Waals surface area contributed by atoms with Crippen LogP contribution >= 0.6 is 11.3 Å². The van der Waals surface area contributed by atoms with Crippen molar-refractivity contribution in [3.63, 3.8) is 0 Å². The molecular formula is C64H92N10O17S. The number of hydrogen-bond acceptors (Lipinski definition) is 20. The van der Waals surface area contributed by atoms with Gasteiger partial charge in [0.1, 0.15) is 41.2 Å². The number of likely N-dealkylation sites (tertiary alicyclic amines) is 1. The number of methoxy groups -OCH3 is 2. The lowest BCUT2D eigenvalue weighted by Crippen LogP contribution is -2.61. The molecule has 0 saturated carbocycles. The number of nitrogens with one attached hydrogen (secondary N) is 4. The summed E-state index contributed by atoms with van der Waals surface area (Å²) < 4.78 is 23.5. The second-order valence-electron chi connectivity index (χ2n) is 24.4. The molecular weight excluding hydrogens is 1210 g/mol. The number of nitrogens with two attached hydrogens (primary N) is 1. The van der Waals surface area contributed by atoms with E-state index in [0.29, 0.717) is 42.7 Å². The number of ether oxygens (including phenoxy) is 4. The van der Waals surface area contributed by atoms with Gasteiger partial charge in [-0.3, -0.25) is 48.2 Å². The number of aliphatic carboxylic acids is 1. The topological polar surface area (TPSA) is 371 Å². The number of likely N-dealkylation sites (N-methyl/N-ethyl adjacent to an activating group) is 2. The van der Waals surface area contributed by atoms with E-state index in [2.05, 4.69) is 26.3 Å². The van der Waals surface area contributed by atoms with Crippen molar-refractivity contribution >= 4 is 70.3 Å². The number of carboxylic acid groups (broad SMARTS) is 1. The Labute approximate surface area is 540 Å². The maximum atomic E-state index is 15.0. The molecule has 6 rings (SSSR count). The summed E-state index contributed by atoms with van der Waals surface area (Å²) in [5.41, 5.74) is 7.19. The number of aliphatic hydroxyl groups excluding tert-OH is 3. The van der Waals surface area contributed by atoms with E-state index in [4.69, 9.17) is 24.7 Å². The number of thiazole rings is 1. The Morgan fingerprint density at radius 1 is 0.859 bits per heavy atom. The van der Waals surface area contributed by atoms with E-state index in [1.165, 1.54) is 30.6 Å². The van der Waals surface area contributed by atoms with E-state index >= 15 is 4.79 Å². The number of nitrogens with zero attached hydrogens (tertiary/aromatic N) is 5. The minimum atomic E-state index is -2.02. The average Bonchev–Trinajstić information content (AvgIpc) is 1.01. The van der Waals surface area contributed by atoms with Crippen molar-refractivity contribution in [2.45, 2.75) is 173 Å². The molecule has 28 heteroatoms. The number of carbonyl (C=O) groups excluding carboxylic acids is 8. The van der Waals surface area contributed by atoms with Crippen LogP contribution in [-0.4, -0.2) is 219 Å². The number of hydrogen-bond donors (Lipinski definition) is 9. The van der Waals surface area contributed by atoms with Crippen molar-refractivity contribution in [2.75, 3.05) is 53.3 Å². The van der Waals surface area contributed by atoms with Crippen molar-refractivity contribution in [3.8, 4) is 5.75 Å². The summed E-state index contributed by atoms with van der Waals surface area (Å²) in [6, 6.07) is 9.51. The predicted molar refractivity (Wildman–Crippen MR) is 338 cm³/mol. The third-order valence-corrected chi connectivity index (χ3v) is 18.2. The van der Waals surface area contributed by atoms with Crippen LogP contribution in [0.5, 0.6) is 5.75 Å². The standard InChI is InChI=1S/C64H92N10O17S/c1-12-36(6)52(45(88-10)31-49(78)73-27-16-19-42(73)56(89-11)37(7)58(82)69-41(61-67-26-28-92-61)29-38-17-14-13-15-18-38)72(9)62(85)50(34(2)3)70-60(84)51(35(4)5)71(8)33-39-20-21-44(90-64-55(81)53(79)54(80)57(91-64)63(86)87)40(30-39)68-46(75)24-25-66-59(83)43(32-65)74-47(76)22-23-48(74)77/h13-15,17-18,20-23,26,28,30,34-37,41-43,45,50-57,64,79-81H,12,16,19,24-25,27,29,31-33,65H2,1-11H3,(H,66,83)(H,68,75)(H,69,82)(H,70,84)(H,86,87)/t36-,37+,41-,42-,43-,45+,50-,51-,52-,53-,54-,55+,56+,57-,64+/m0/s1. The van der Waals surface area contributed by atoms with E-state index in [1.807, 2.05) is 77.3 Å². The molecule has 2 saturated heterocycles. The number of anilines is 1. The van der Waals surface area contributed by atoms with Crippen LogP contribution in [0, 0.1) is 23.7 Å². The van der Waals surface area contributed by atoms with Crippen LogP contribution < -0.4 is 31.7 Å². The van der Waals surface area contributed by atoms with Crippen molar-refractivity contribution in [1.29, 1.82) is 0 Å². The van der Waals surface area contributed by atoms with Gasteiger partial charge in [0.15, 0.2) is 6.10 Å². The first-order valence-corrected chi connectivity index (χ1v) is 32.0. The zero-order chi connectivity index (χ0) is 67.8. The third-order valence-electron chi connectivity index (χ3n) is 17.4. The largest absolute Gasteiger partial charge is 0.479 e. The molecule has 3 aromatic rings. The normalized spacial score (nSPS) is 22.1. The molecule has 4 heterocycles. The minimum Gasteiger partial charge on any atom is -0.479 e. The first-order valence-electron chi connectivity index (χ1n) is 31.1. The molecule has 0 unspecified atom stereocenters. The molecule has 27 nitrogen and oxygen atoms in total. The maximum Gasteiger partial charge on any atom is 0.335 e. The van der Waals surface area contributed by atoms with Gasteiger partial charge in [0.2, 0.25) is 41.7 Å². The van der Waals surface area contributed by atoms with Gasteiger partial charge in [-0.05, 0) is 67.3 Å². The lowest BCUT2D eigenvalue weighted by Gasteiger charge is -2.41. The highest BCUT2D eigenvalue weighted by molar-refractivity contribution is 7.09. The van der Waals surface area contributed by atoms with Crippen LogP contribution in [-0.2, 0) is 70.3 Å². The van der Waals surface area contributed by atoms with E-state index < -0.39 is 133 Å². The Bertz CT molecular complexity index is 3030. The number of aromatic nitrogens is 1. The Morgan fingerprint density at radius 2 is 1.54 bits per heavy atom. The summed E-state index contributed by atoms with van der Waals surface area (Å²) in [6.45, 7) is 12.8. The summed E-state index contributed by atoms with van der Waals surface area (Å²) in [6.07, 6.45) is -5.67. The number of carbonyl (C=O) groups is 9. The molecule has 15 atom stereocenters. The molecule has 1 aromatic heterocycles. The molecule has 506 valence electrons. The number of carboxylic acids is 1. The fraction of sp³-hybridized carbons (Fsp3) is 0.594. The Kier molecular flexibility index (Phi) is 27.3. The van der Waals surface area contributed by atoms with Crippen LogP contribution in [0.15, 0.2) is 72.3 Å². The van der Waals surface area contributed by atoms with Crippen molar-refractivity contribution in [1.82, 2.24) is 40.5 Å². The van der Waals surface area contributed by atoms with Gasteiger partial charge in [-0.15, -0.1) is 11.3 Å². The molecule has 0 bridgehead atoms. The predicted octanol–water partition coefficient (Wildman–Crippen LogP) is 1.73. The number of amides is 8. The molecule has 2 aromatic carbocycles. The molecule has 3 aliphatic heterocycles. The molecule has 0 aliphatic carbocycles. The SMILES string of the molecule is CC[C@H](C)[C@@H]([C@@H](CC(=O)N1CCC[C@H]1[C@H](OC)[C@@H](C)C(=O)N[C@@H](Cc1ccccc1)c1nccs1)OC)N(C)C(=O)[C@@H](NC(=O)[C@H](C(C)C)N(C)Cc1ccc(O[C@@H]2O[C@H](C(=O)O)[C@@H](O)[C@H](O)[C@H]2O)c(NC(=O)CCNC(=O)[C@H](CN)N2C(=O)C=CC2=O)c1)C(C)C. The van der Waals surface area contributed by atoms with E-state index in [0.717, 1.165) is 22.7 Å². The van der Waals surface area contributed by atoms with Gasteiger partial charge in [0, 0.05) is 77.6 Å². The zero-order valence-electron chi connectivity index (χ0n) is 54.1. The zero-order valence-corrected chi connectivity index (χ0v) is 54.9. The summed E-state index contributed by atoms with van der Waals surface area (Å²) in [5.74, 6) is -7.79. The summed E-state index contributed by atoms with van der Waals surface area (Å²) in [7, 11) is 6.38. The van der Waals surface area contributed by atoms with Gasteiger partial charge in [-0.2, -0.15) is 0 Å². The van der Waals surface area contributed by atoms with E-state index in [-0.39, 0.29) is 67.1 Å². The van der Waals surface area contributed by atoms with Gasteiger partial charge in [0.05, 0.1) is 54.4 Å². The smallest absolute Gasteiger partial charge is 0.335 e. The van der Waals surface area contributed by atoms with Crippen molar-refractivity contribution in [2.24, 2.45) is 29.4 Å². The van der Waals surface area contributed by atoms with E-state index in [1.54, 1.807) is 55.1 Å². The number of imide groups is 1. The number of aliphatic hydroxyl groups is 3. The second kappa shape index (κ2) is 34.0. The molecule has 10 N–H and O–H groups in total. The molecule has 0 radical (unpaired) electrons. The summed E-state index contributed by atoms with van der Waals surface area (Å²) in [4.78, 5) is 132. The van der Waals surface area contributed by atoms with Crippen molar-refractivity contribution in [3.05, 3.63) is 88.4 Å². The molecule has 92 heavy (non-hydrogen) atoms. The van der Waals surface area contributed by atoms with Gasteiger partial charge >= 0.3 is 5.97 Å². The fourth-order valence-corrected chi connectivity index (χ4v) is 13.0. The highest BCUT2D eigenvalue weighted by Crippen LogP contribution is 2.34. The average molecular weight is 1310 g/mol. The third kappa shape index (κ3) is 18.3. The molecule has 0 spiro atoms. The molecule has 2 fully saturated rings. The van der Waals surface area contributed by atoms with Crippen LogP contribution in [0.1, 0.15) is 103 Å². The van der Waals surface area contributed by atoms with E-state index in [9.17, 15) is 58.8 Å². The van der Waals surface area contributed by atoms with Gasteiger partial charge in [-0.1, -0.05) is 91.3 Å². The Hall–Kier alpha value is -7.28. The van der Waals surface area contributed by atoms with Crippen LogP contribution in [0.4, 0.5) is 5.69 Å². The van der Waals surface area contributed by atoms with Crippen molar-refractivity contribution < 1.29 is 82.5 Å². The fourth-order valence-electron chi connectivity index (χ4n) is 12.3. The maximum absolute atomic E-state index is 15.0. The number of rotatable bonds is 33. The molecule has 3 aliphatic rings. The van der Waals surface area contributed by atoms with Crippen LogP contribution in [0.3, 0.4) is 0 Å². The molecule has 8 amide bonds. The highest BCUT2D eigenvalue weighted by Gasteiger charge is 2.49. The first-order chi connectivity index (χ1) is 43.7. The summed E-state index contributed by atoms with van der Waals surface area (Å²) >= 11 is 1.46. The van der Waals surface area contributed by atoms with Gasteiger partial charge in [-0.25, -0.2) is 9.78 Å². The lowest BCUT2D eigenvalue weighted by atomic mass is 9.89. The first kappa shape index (κ1) is 73.8. The van der Waals surface area contributed by atoms with Crippen LogP contribution in [0.2, 0.25) is 0 Å². The van der Waals surface area contributed by atoms with Gasteiger partial charge in [0.25, 0.3) is 11.8 Å². The van der Waals surface area contributed by atoms with Gasteiger partial charge < -0.3 is 76.2 Å². The Morgan fingerprint density at radius 3 is 2.13 bits per heavy atom. The quantitative estimate of drug-likeness (QED) is 0.0392. The highest BCUT2D eigenvalue weighted by atomic mass is 32.1. The lowest BCUT2D eigenvalue weighted by molar-refractivity contribution is -0.271. The minimum absolute atomic E-state index is 0.0325. The second-order valence-corrected chi connectivity index (χ2v) is 25.4. The summed E-state index contributed by atoms with van der Waals surface area (Å²) in [5, 5.41) is 55.5. The number of benzene rings is 2. The monoisotopic (exact) mass is 1300 g/mol. The van der Waals surface area contributed by atoms with Crippen LogP contribution in [0.25, 0.3) is 0 Å². The Balaban J connectivity index is 1.16.